The minimum atomic E-state index is -0.257. The molecule has 110 valence electrons. The summed E-state index contributed by atoms with van der Waals surface area (Å²) in [4.78, 5) is 13.9. The normalized spacial score (nSPS) is 23.6. The first-order valence-electron chi connectivity index (χ1n) is 6.94. The molecule has 0 spiro atoms. The maximum absolute atomic E-state index is 11.5. The van der Waals surface area contributed by atoms with Crippen molar-refractivity contribution in [2.75, 3.05) is 20.2 Å². The van der Waals surface area contributed by atoms with Gasteiger partial charge in [-0.25, -0.2) is 5.84 Å². The first-order chi connectivity index (χ1) is 9.56. The Kier molecular flexibility index (Phi) is 4.75. The first kappa shape index (κ1) is 15.0. The standard InChI is InChI=1S/C15H23N3O2/c1-15(20-2)7-4-8-18(11-15)10-12-5-3-6-13(9-12)14(19)17-16/h3,5-6,9H,4,7-8,10-11,16H2,1-2H3,(H,17,19). The van der Waals surface area contributed by atoms with Crippen LogP contribution in [0, 0.1) is 0 Å². The molecule has 1 saturated heterocycles. The Hall–Kier alpha value is -1.43. The number of nitrogens with two attached hydrogens (primary N) is 1. The zero-order valence-corrected chi connectivity index (χ0v) is 12.2. The molecule has 1 amide bonds. The second-order valence-electron chi connectivity index (χ2n) is 5.64. The number of hydrazine groups is 1. The van der Waals surface area contributed by atoms with Gasteiger partial charge in [-0.2, -0.15) is 0 Å². The fourth-order valence-electron chi connectivity index (χ4n) is 2.76. The summed E-state index contributed by atoms with van der Waals surface area (Å²) >= 11 is 0. The van der Waals surface area contributed by atoms with Crippen LogP contribution in [0.2, 0.25) is 0 Å². The van der Waals surface area contributed by atoms with E-state index in [1.165, 1.54) is 0 Å². The largest absolute Gasteiger partial charge is 0.377 e. The van der Waals surface area contributed by atoms with Crippen molar-refractivity contribution in [2.45, 2.75) is 31.9 Å². The van der Waals surface area contributed by atoms with Crippen molar-refractivity contribution in [3.63, 3.8) is 0 Å². The van der Waals surface area contributed by atoms with E-state index in [1.54, 1.807) is 13.2 Å². The topological polar surface area (TPSA) is 67.6 Å². The van der Waals surface area contributed by atoms with E-state index >= 15 is 0 Å². The average molecular weight is 277 g/mol. The molecular weight excluding hydrogens is 254 g/mol. The number of hydrogen-bond donors (Lipinski definition) is 2. The quantitative estimate of drug-likeness (QED) is 0.494. The van der Waals surface area contributed by atoms with E-state index in [4.69, 9.17) is 10.6 Å². The predicted octanol–water partition coefficient (Wildman–Crippen LogP) is 1.29. The van der Waals surface area contributed by atoms with Crippen LogP contribution in [0.15, 0.2) is 24.3 Å². The number of likely N-dealkylation sites (tertiary alicyclic amines) is 1. The Morgan fingerprint density at radius 3 is 3.05 bits per heavy atom. The number of amides is 1. The molecule has 0 bridgehead atoms. The molecular formula is C15H23N3O2. The minimum Gasteiger partial charge on any atom is -0.377 e. The van der Waals surface area contributed by atoms with Gasteiger partial charge in [0.15, 0.2) is 0 Å². The third-order valence-corrected chi connectivity index (χ3v) is 3.96. The van der Waals surface area contributed by atoms with Crippen LogP contribution < -0.4 is 11.3 Å². The van der Waals surface area contributed by atoms with Gasteiger partial charge in [-0.15, -0.1) is 0 Å². The lowest BCUT2D eigenvalue weighted by Gasteiger charge is -2.39. The Morgan fingerprint density at radius 2 is 2.35 bits per heavy atom. The number of benzene rings is 1. The molecule has 1 atom stereocenters. The Morgan fingerprint density at radius 1 is 1.55 bits per heavy atom. The smallest absolute Gasteiger partial charge is 0.265 e. The Balaban J connectivity index is 2.04. The van der Waals surface area contributed by atoms with Crippen molar-refractivity contribution in [2.24, 2.45) is 5.84 Å². The Bertz CT molecular complexity index is 478. The van der Waals surface area contributed by atoms with Crippen LogP contribution in [-0.4, -0.2) is 36.6 Å². The molecule has 1 aliphatic rings. The molecule has 3 N–H and O–H groups in total. The highest BCUT2D eigenvalue weighted by atomic mass is 16.5. The highest BCUT2D eigenvalue weighted by molar-refractivity contribution is 5.93. The van der Waals surface area contributed by atoms with Gasteiger partial charge in [0.05, 0.1) is 5.60 Å². The maximum Gasteiger partial charge on any atom is 0.265 e. The second kappa shape index (κ2) is 6.35. The molecule has 0 aromatic heterocycles. The molecule has 1 heterocycles. The van der Waals surface area contributed by atoms with E-state index < -0.39 is 0 Å². The van der Waals surface area contributed by atoms with Crippen molar-refractivity contribution < 1.29 is 9.53 Å². The van der Waals surface area contributed by atoms with Crippen LogP contribution >= 0.6 is 0 Å². The number of hydrogen-bond acceptors (Lipinski definition) is 4. The molecule has 0 radical (unpaired) electrons. The highest BCUT2D eigenvalue weighted by Crippen LogP contribution is 2.25. The van der Waals surface area contributed by atoms with Crippen molar-refractivity contribution >= 4 is 5.91 Å². The summed E-state index contributed by atoms with van der Waals surface area (Å²) < 4.78 is 5.60. The molecule has 1 unspecified atom stereocenters. The molecule has 2 rings (SSSR count). The third-order valence-electron chi connectivity index (χ3n) is 3.96. The molecule has 0 aliphatic carbocycles. The van der Waals surface area contributed by atoms with Gasteiger partial charge in [-0.05, 0) is 44.0 Å². The first-order valence-corrected chi connectivity index (χ1v) is 6.94. The molecule has 1 aliphatic heterocycles. The highest BCUT2D eigenvalue weighted by Gasteiger charge is 2.30. The van der Waals surface area contributed by atoms with Crippen molar-refractivity contribution in [3.8, 4) is 0 Å². The number of methoxy groups -OCH3 is 1. The number of ether oxygens (including phenoxy) is 1. The van der Waals surface area contributed by atoms with Crippen molar-refractivity contribution in [1.82, 2.24) is 10.3 Å². The van der Waals surface area contributed by atoms with Crippen LogP contribution in [0.3, 0.4) is 0 Å². The molecule has 20 heavy (non-hydrogen) atoms. The number of carbonyl (C=O) groups is 1. The summed E-state index contributed by atoms with van der Waals surface area (Å²) in [5, 5.41) is 0. The predicted molar refractivity (Wildman–Crippen MR) is 78.0 cm³/mol. The molecule has 5 nitrogen and oxygen atoms in total. The zero-order valence-electron chi connectivity index (χ0n) is 12.2. The minimum absolute atomic E-state index is 0.0650. The van der Waals surface area contributed by atoms with Gasteiger partial charge in [0.1, 0.15) is 0 Å². The lowest BCUT2D eigenvalue weighted by Crippen LogP contribution is -2.46. The van der Waals surface area contributed by atoms with E-state index in [0.717, 1.165) is 38.0 Å². The lowest BCUT2D eigenvalue weighted by atomic mass is 9.94. The summed E-state index contributed by atoms with van der Waals surface area (Å²) in [5.74, 6) is 4.91. The van der Waals surface area contributed by atoms with Gasteiger partial charge in [-0.1, -0.05) is 12.1 Å². The number of rotatable bonds is 4. The average Bonchev–Trinajstić information content (AvgIpc) is 2.47. The molecule has 1 aromatic rings. The van der Waals surface area contributed by atoms with Crippen LogP contribution in [-0.2, 0) is 11.3 Å². The summed E-state index contributed by atoms with van der Waals surface area (Å²) in [6, 6.07) is 7.58. The fraction of sp³-hybridized carbons (Fsp3) is 0.533. The van der Waals surface area contributed by atoms with E-state index in [0.29, 0.717) is 5.56 Å². The maximum atomic E-state index is 11.5. The van der Waals surface area contributed by atoms with E-state index in [1.807, 2.05) is 18.2 Å². The molecule has 1 aromatic carbocycles. The molecule has 0 saturated carbocycles. The van der Waals surface area contributed by atoms with Gasteiger partial charge in [-0.3, -0.25) is 15.1 Å². The Labute approximate surface area is 120 Å². The summed E-state index contributed by atoms with van der Waals surface area (Å²) in [5.41, 5.74) is 3.81. The van der Waals surface area contributed by atoms with E-state index in [-0.39, 0.29) is 11.5 Å². The van der Waals surface area contributed by atoms with Gasteiger partial charge in [0, 0.05) is 25.8 Å². The monoisotopic (exact) mass is 277 g/mol. The lowest BCUT2D eigenvalue weighted by molar-refractivity contribution is -0.0527. The van der Waals surface area contributed by atoms with E-state index in [9.17, 15) is 4.79 Å². The zero-order chi connectivity index (χ0) is 14.6. The van der Waals surface area contributed by atoms with Crippen LogP contribution in [0.1, 0.15) is 35.7 Å². The summed E-state index contributed by atoms with van der Waals surface area (Å²) in [6.07, 6.45) is 2.23. The second-order valence-corrected chi connectivity index (χ2v) is 5.64. The summed E-state index contributed by atoms with van der Waals surface area (Å²) in [6.45, 7) is 4.95. The van der Waals surface area contributed by atoms with Crippen molar-refractivity contribution in [1.29, 1.82) is 0 Å². The molecule has 1 fully saturated rings. The van der Waals surface area contributed by atoms with Gasteiger partial charge in [0.2, 0.25) is 0 Å². The number of nitrogen functional groups attached to an aromatic ring is 1. The van der Waals surface area contributed by atoms with Crippen LogP contribution in [0.4, 0.5) is 0 Å². The summed E-state index contributed by atoms with van der Waals surface area (Å²) in [7, 11) is 1.77. The number of nitrogens with one attached hydrogen (secondary N) is 1. The number of carbonyl (C=O) groups excluding carboxylic acids is 1. The van der Waals surface area contributed by atoms with Crippen molar-refractivity contribution in [3.05, 3.63) is 35.4 Å². The van der Waals surface area contributed by atoms with Crippen LogP contribution in [0.5, 0.6) is 0 Å². The third kappa shape index (κ3) is 3.56. The number of nitrogens with zero attached hydrogens (tertiary/aromatic N) is 1. The number of piperidine rings is 1. The molecule has 5 heteroatoms. The SMILES string of the molecule is COC1(C)CCCN(Cc2cccc(C(=O)NN)c2)C1. The fourth-order valence-corrected chi connectivity index (χ4v) is 2.76. The van der Waals surface area contributed by atoms with E-state index in [2.05, 4.69) is 17.2 Å². The van der Waals surface area contributed by atoms with Gasteiger partial charge < -0.3 is 4.74 Å². The van der Waals surface area contributed by atoms with Gasteiger partial charge >= 0.3 is 0 Å². The van der Waals surface area contributed by atoms with Crippen LogP contribution in [0.25, 0.3) is 0 Å². The van der Waals surface area contributed by atoms with Gasteiger partial charge in [0.25, 0.3) is 5.91 Å².